The summed E-state index contributed by atoms with van der Waals surface area (Å²) in [5.74, 6) is -1.44. The maximum atomic E-state index is 13.1. The smallest absolute Gasteiger partial charge is 0.512 e. The Kier molecular flexibility index (Phi) is 5.21. The molecule has 17 heavy (non-hydrogen) atoms. The summed E-state index contributed by atoms with van der Waals surface area (Å²) in [6.45, 7) is 0.192. The van der Waals surface area contributed by atoms with E-state index in [-0.39, 0.29) is 31.2 Å². The molecule has 0 aliphatic heterocycles. The monoisotopic (exact) mass is 226 g/mol. The molecule has 0 atom stereocenters. The van der Waals surface area contributed by atoms with Crippen molar-refractivity contribution in [2.75, 3.05) is 0 Å². The summed E-state index contributed by atoms with van der Waals surface area (Å²) in [5, 5.41) is 0. The molecular weight excluding hydrogens is 217 g/mol. The van der Waals surface area contributed by atoms with Crippen LogP contribution in [0.1, 0.15) is 5.56 Å². The molecule has 0 saturated carbocycles. The largest absolute Gasteiger partial charge is 1.00 e. The van der Waals surface area contributed by atoms with Crippen LogP contribution in [0, 0.1) is 17.7 Å². The number of halogens is 2. The van der Waals surface area contributed by atoms with Gasteiger partial charge in [-0.2, -0.15) is 0 Å². The maximum absolute atomic E-state index is 13.1. The van der Waals surface area contributed by atoms with Crippen LogP contribution >= 0.6 is 0 Å². The zero-order chi connectivity index (χ0) is 11.4. The molecule has 0 heterocycles. The molecule has 2 aromatic rings. The Morgan fingerprint density at radius 3 is 2.41 bits per heavy atom. The van der Waals surface area contributed by atoms with Crippen LogP contribution in [0.2, 0.25) is 0 Å². The third-order valence-electron chi connectivity index (χ3n) is 2.05. The third kappa shape index (κ3) is 3.88. The number of rotatable bonds is 3. The molecule has 0 spiro atoms. The van der Waals surface area contributed by atoms with E-state index in [1.807, 2.05) is 30.3 Å². The summed E-state index contributed by atoms with van der Waals surface area (Å²) in [6, 6.07) is 13.5. The van der Waals surface area contributed by atoms with Gasteiger partial charge in [0.2, 0.25) is 0 Å². The van der Waals surface area contributed by atoms with Gasteiger partial charge in [0.25, 0.3) is 0 Å². The minimum Gasteiger partial charge on any atom is -0.512 e. The first-order valence-electron chi connectivity index (χ1n) is 4.80. The van der Waals surface area contributed by atoms with Crippen molar-refractivity contribution in [3.05, 3.63) is 65.7 Å². The van der Waals surface area contributed by atoms with E-state index in [0.29, 0.717) is 0 Å². The maximum Gasteiger partial charge on any atom is 1.00 e. The SMILES string of the molecule is Fc1[c-]c(OCc2ccccc2)c(F)cc1.[Li+]. The fraction of sp³-hybridized carbons (Fsp3) is 0.0769. The van der Waals surface area contributed by atoms with Crippen molar-refractivity contribution in [1.82, 2.24) is 0 Å². The van der Waals surface area contributed by atoms with E-state index >= 15 is 0 Å². The fourth-order valence-corrected chi connectivity index (χ4v) is 1.27. The summed E-state index contributed by atoms with van der Waals surface area (Å²) in [6.07, 6.45) is 0. The Bertz CT molecular complexity index is 474. The van der Waals surface area contributed by atoms with Gasteiger partial charge in [-0.15, -0.1) is 12.1 Å². The molecule has 82 valence electrons. The second kappa shape index (κ2) is 6.44. The van der Waals surface area contributed by atoms with Crippen molar-refractivity contribution >= 4 is 0 Å². The Hall–Kier alpha value is -1.30. The first kappa shape index (κ1) is 13.8. The topological polar surface area (TPSA) is 9.23 Å². The first-order valence-corrected chi connectivity index (χ1v) is 4.80. The van der Waals surface area contributed by atoms with Gasteiger partial charge < -0.3 is 4.74 Å². The van der Waals surface area contributed by atoms with Crippen LogP contribution in [0.4, 0.5) is 8.78 Å². The second-order valence-electron chi connectivity index (χ2n) is 3.26. The number of hydrogen-bond acceptors (Lipinski definition) is 1. The fourth-order valence-electron chi connectivity index (χ4n) is 1.27. The molecule has 2 rings (SSSR count). The van der Waals surface area contributed by atoms with Crippen LogP contribution in [0.15, 0.2) is 42.5 Å². The summed E-state index contributed by atoms with van der Waals surface area (Å²) in [4.78, 5) is 0. The zero-order valence-electron chi connectivity index (χ0n) is 9.41. The Labute approximate surface area is 111 Å². The van der Waals surface area contributed by atoms with Crippen molar-refractivity contribution in [2.24, 2.45) is 0 Å². The van der Waals surface area contributed by atoms with Crippen molar-refractivity contribution in [2.45, 2.75) is 6.61 Å². The van der Waals surface area contributed by atoms with Gasteiger partial charge in [-0.25, -0.2) is 4.39 Å². The van der Waals surface area contributed by atoms with E-state index in [4.69, 9.17) is 4.74 Å². The Morgan fingerprint density at radius 1 is 1.00 bits per heavy atom. The molecule has 0 N–H and O–H groups in total. The average molecular weight is 226 g/mol. The third-order valence-corrected chi connectivity index (χ3v) is 2.05. The molecular formula is C13H9F2LiO. The van der Waals surface area contributed by atoms with Crippen molar-refractivity contribution < 1.29 is 32.4 Å². The van der Waals surface area contributed by atoms with E-state index in [1.165, 1.54) is 0 Å². The van der Waals surface area contributed by atoms with E-state index in [1.54, 1.807) is 0 Å². The van der Waals surface area contributed by atoms with Gasteiger partial charge in [0, 0.05) is 17.4 Å². The summed E-state index contributed by atoms with van der Waals surface area (Å²) < 4.78 is 31.1. The average Bonchev–Trinajstić information content (AvgIpc) is 2.32. The molecule has 0 aliphatic rings. The van der Waals surface area contributed by atoms with Crippen LogP contribution in [-0.4, -0.2) is 0 Å². The second-order valence-corrected chi connectivity index (χ2v) is 3.26. The Morgan fingerprint density at radius 2 is 1.71 bits per heavy atom. The van der Waals surface area contributed by atoms with Crippen LogP contribution < -0.4 is 23.6 Å². The van der Waals surface area contributed by atoms with Gasteiger partial charge in [0.1, 0.15) is 6.61 Å². The van der Waals surface area contributed by atoms with Crippen LogP contribution in [0.25, 0.3) is 0 Å². The van der Waals surface area contributed by atoms with Crippen LogP contribution in [-0.2, 0) is 6.61 Å². The van der Waals surface area contributed by atoms with E-state index in [0.717, 1.165) is 17.7 Å². The van der Waals surface area contributed by atoms with Crippen molar-refractivity contribution in [3.8, 4) is 5.75 Å². The molecule has 4 heteroatoms. The number of benzene rings is 2. The number of ether oxygens (including phenoxy) is 1. The molecule has 0 radical (unpaired) electrons. The molecule has 0 amide bonds. The van der Waals surface area contributed by atoms with Crippen molar-refractivity contribution in [3.63, 3.8) is 0 Å². The number of hydrogen-bond donors (Lipinski definition) is 0. The minimum absolute atomic E-state index is 0. The standard InChI is InChI=1S/C13H9F2O.Li/c14-11-6-7-12(15)13(8-11)16-9-10-4-2-1-3-5-10;/h1-7H,9H2;/q-1;+1. The zero-order valence-corrected chi connectivity index (χ0v) is 9.41. The normalized spacial score (nSPS) is 9.53. The summed E-state index contributed by atoms with van der Waals surface area (Å²) >= 11 is 0. The van der Waals surface area contributed by atoms with Crippen molar-refractivity contribution in [1.29, 1.82) is 0 Å². The van der Waals surface area contributed by atoms with E-state index < -0.39 is 11.6 Å². The van der Waals surface area contributed by atoms with Gasteiger partial charge in [-0.3, -0.25) is 4.39 Å². The molecule has 0 bridgehead atoms. The van der Waals surface area contributed by atoms with Gasteiger partial charge in [0.05, 0.1) is 0 Å². The Balaban J connectivity index is 0.00000144. The molecule has 1 nitrogen and oxygen atoms in total. The first-order chi connectivity index (χ1) is 7.75. The van der Waals surface area contributed by atoms with Crippen LogP contribution in [0.3, 0.4) is 0 Å². The van der Waals surface area contributed by atoms with E-state index in [2.05, 4.69) is 6.07 Å². The molecule has 0 aliphatic carbocycles. The van der Waals surface area contributed by atoms with Gasteiger partial charge in [0.15, 0.2) is 0 Å². The minimum atomic E-state index is -0.635. The quantitative estimate of drug-likeness (QED) is 0.542. The molecule has 0 aromatic heterocycles. The summed E-state index contributed by atoms with van der Waals surface area (Å²) in [7, 11) is 0. The predicted octanol–water partition coefficient (Wildman–Crippen LogP) is 0.348. The predicted molar refractivity (Wildman–Crippen MR) is 56.0 cm³/mol. The van der Waals surface area contributed by atoms with Gasteiger partial charge >= 0.3 is 18.9 Å². The van der Waals surface area contributed by atoms with Crippen LogP contribution in [0.5, 0.6) is 5.75 Å². The molecule has 2 aromatic carbocycles. The molecule has 0 fully saturated rings. The van der Waals surface area contributed by atoms with Gasteiger partial charge in [-0.05, 0) is 5.56 Å². The van der Waals surface area contributed by atoms with E-state index in [9.17, 15) is 8.78 Å². The summed E-state index contributed by atoms with van der Waals surface area (Å²) in [5.41, 5.74) is 0.888. The molecule has 0 saturated heterocycles. The molecule has 0 unspecified atom stereocenters. The van der Waals surface area contributed by atoms with Gasteiger partial charge in [-0.1, -0.05) is 36.4 Å².